The van der Waals surface area contributed by atoms with Crippen LogP contribution in [0.1, 0.15) is 11.1 Å². The number of para-hydroxylation sites is 2. The van der Waals surface area contributed by atoms with E-state index in [0.29, 0.717) is 0 Å². The fraction of sp³-hybridized carbons (Fsp3) is 0.0870. The summed E-state index contributed by atoms with van der Waals surface area (Å²) < 4.78 is 7.71. The standard InChI is InChI=1S/C23H19N3O/c1-26-20-11-7-6-10-18(20)21-22(25-24-15-8-4-3-5-9-15)19-14-16(27-2)12-13-17(19)23(21)26/h3-14,24H,1-2H3/b25-22+. The summed E-state index contributed by atoms with van der Waals surface area (Å²) in [7, 11) is 3.81. The molecule has 0 aliphatic heterocycles. The summed E-state index contributed by atoms with van der Waals surface area (Å²) in [5.41, 5.74) is 11.0. The van der Waals surface area contributed by atoms with Gasteiger partial charge in [0.2, 0.25) is 0 Å². The number of hydrazone groups is 1. The topological polar surface area (TPSA) is 38.5 Å². The Bertz CT molecular complexity index is 1190. The van der Waals surface area contributed by atoms with Gasteiger partial charge in [-0.3, -0.25) is 5.43 Å². The van der Waals surface area contributed by atoms with E-state index in [0.717, 1.165) is 22.7 Å². The molecular weight excluding hydrogens is 334 g/mol. The van der Waals surface area contributed by atoms with Crippen LogP contribution < -0.4 is 10.2 Å². The van der Waals surface area contributed by atoms with Gasteiger partial charge >= 0.3 is 0 Å². The highest BCUT2D eigenvalue weighted by Gasteiger charge is 2.31. The second kappa shape index (κ2) is 6.02. The van der Waals surface area contributed by atoms with Crippen LogP contribution in [-0.4, -0.2) is 17.4 Å². The third-order valence-corrected chi connectivity index (χ3v) is 5.15. The van der Waals surface area contributed by atoms with Crippen LogP contribution in [0, 0.1) is 0 Å². The Morgan fingerprint density at radius 1 is 0.889 bits per heavy atom. The summed E-state index contributed by atoms with van der Waals surface area (Å²) in [6, 6.07) is 24.7. The average molecular weight is 353 g/mol. The maximum absolute atomic E-state index is 5.46. The van der Waals surface area contributed by atoms with Crippen molar-refractivity contribution in [2.45, 2.75) is 0 Å². The molecule has 0 radical (unpaired) electrons. The normalized spacial score (nSPS) is 13.6. The van der Waals surface area contributed by atoms with Crippen molar-refractivity contribution in [3.05, 3.63) is 83.9 Å². The van der Waals surface area contributed by atoms with Crippen molar-refractivity contribution in [1.29, 1.82) is 0 Å². The zero-order valence-corrected chi connectivity index (χ0v) is 15.2. The molecule has 0 saturated carbocycles. The third-order valence-electron chi connectivity index (χ3n) is 5.15. The van der Waals surface area contributed by atoms with Gasteiger partial charge in [0.1, 0.15) is 11.5 Å². The molecule has 0 spiro atoms. The van der Waals surface area contributed by atoms with Gasteiger partial charge in [-0.1, -0.05) is 36.4 Å². The molecule has 0 fully saturated rings. The molecule has 0 unspecified atom stereocenters. The van der Waals surface area contributed by atoms with E-state index >= 15 is 0 Å². The Hall–Kier alpha value is -3.53. The van der Waals surface area contributed by atoms with Gasteiger partial charge in [0.05, 0.1) is 18.5 Å². The number of rotatable bonds is 3. The smallest absolute Gasteiger partial charge is 0.119 e. The minimum atomic E-state index is 0.832. The first-order valence-electron chi connectivity index (χ1n) is 8.93. The number of benzene rings is 3. The van der Waals surface area contributed by atoms with E-state index in [1.54, 1.807) is 7.11 Å². The number of aromatic nitrogens is 1. The van der Waals surface area contributed by atoms with Crippen LogP contribution in [0.5, 0.6) is 5.75 Å². The number of aryl methyl sites for hydroxylation is 1. The molecule has 4 aromatic rings. The zero-order valence-electron chi connectivity index (χ0n) is 15.2. The molecule has 4 heteroatoms. The molecule has 0 atom stereocenters. The van der Waals surface area contributed by atoms with E-state index in [-0.39, 0.29) is 0 Å². The number of methoxy groups -OCH3 is 1. The molecule has 27 heavy (non-hydrogen) atoms. The Morgan fingerprint density at radius 3 is 2.48 bits per heavy atom. The first kappa shape index (κ1) is 15.7. The van der Waals surface area contributed by atoms with Gasteiger partial charge in [0, 0.05) is 34.6 Å². The molecule has 3 aromatic carbocycles. The lowest BCUT2D eigenvalue weighted by molar-refractivity contribution is 0.415. The van der Waals surface area contributed by atoms with Crippen molar-refractivity contribution in [3.8, 4) is 17.0 Å². The number of ether oxygens (including phenoxy) is 1. The zero-order chi connectivity index (χ0) is 18.4. The third kappa shape index (κ3) is 2.34. The summed E-state index contributed by atoms with van der Waals surface area (Å²) in [6.07, 6.45) is 0. The van der Waals surface area contributed by atoms with Gasteiger partial charge in [-0.15, -0.1) is 0 Å². The summed E-state index contributed by atoms with van der Waals surface area (Å²) in [5.74, 6) is 0.832. The van der Waals surface area contributed by atoms with Crippen LogP contribution in [0.2, 0.25) is 0 Å². The van der Waals surface area contributed by atoms with Crippen molar-refractivity contribution < 1.29 is 4.74 Å². The Kier molecular flexibility index (Phi) is 3.50. The Labute approximate surface area is 157 Å². The highest BCUT2D eigenvalue weighted by Crippen LogP contribution is 2.43. The highest BCUT2D eigenvalue weighted by molar-refractivity contribution is 6.30. The Morgan fingerprint density at radius 2 is 1.67 bits per heavy atom. The first-order valence-corrected chi connectivity index (χ1v) is 8.93. The minimum absolute atomic E-state index is 0.832. The van der Waals surface area contributed by atoms with Gasteiger partial charge in [-0.25, -0.2) is 0 Å². The number of hydrogen-bond acceptors (Lipinski definition) is 3. The predicted octanol–water partition coefficient (Wildman–Crippen LogP) is 5.03. The van der Waals surface area contributed by atoms with Crippen LogP contribution >= 0.6 is 0 Å². The van der Waals surface area contributed by atoms with Gasteiger partial charge in [0.25, 0.3) is 0 Å². The largest absolute Gasteiger partial charge is 0.497 e. The fourth-order valence-electron chi connectivity index (χ4n) is 3.88. The van der Waals surface area contributed by atoms with Crippen molar-refractivity contribution in [3.63, 3.8) is 0 Å². The van der Waals surface area contributed by atoms with Crippen LogP contribution in [0.4, 0.5) is 5.69 Å². The van der Waals surface area contributed by atoms with Crippen molar-refractivity contribution in [2.75, 3.05) is 12.5 Å². The number of nitrogens with one attached hydrogen (secondary N) is 1. The number of hydrogen-bond donors (Lipinski definition) is 1. The lowest BCUT2D eigenvalue weighted by atomic mass is 10.1. The number of nitrogens with zero attached hydrogens (tertiary/aromatic N) is 2. The number of anilines is 1. The van der Waals surface area contributed by atoms with Gasteiger partial charge in [0.15, 0.2) is 0 Å². The van der Waals surface area contributed by atoms with E-state index in [9.17, 15) is 0 Å². The molecule has 0 saturated heterocycles. The van der Waals surface area contributed by atoms with Crippen molar-refractivity contribution in [2.24, 2.45) is 12.1 Å². The molecule has 5 rings (SSSR count). The molecule has 1 aliphatic rings. The van der Waals surface area contributed by atoms with Gasteiger partial charge < -0.3 is 9.30 Å². The summed E-state index contributed by atoms with van der Waals surface area (Å²) >= 11 is 0. The lowest BCUT2D eigenvalue weighted by Gasteiger charge is -2.08. The van der Waals surface area contributed by atoms with E-state index in [4.69, 9.17) is 9.84 Å². The molecule has 1 N–H and O–H groups in total. The lowest BCUT2D eigenvalue weighted by Crippen LogP contribution is -2.03. The molecule has 0 amide bonds. The molecule has 1 heterocycles. The SMILES string of the molecule is COc1ccc2c(c1)/C(=N\Nc1ccccc1)c1c-2n(C)c2ccccc12. The summed E-state index contributed by atoms with van der Waals surface area (Å²) in [5, 5.41) is 6.02. The fourth-order valence-corrected chi connectivity index (χ4v) is 3.88. The maximum Gasteiger partial charge on any atom is 0.119 e. The van der Waals surface area contributed by atoms with E-state index in [1.807, 2.05) is 36.4 Å². The van der Waals surface area contributed by atoms with E-state index in [1.165, 1.54) is 27.7 Å². The second-order valence-electron chi connectivity index (χ2n) is 6.65. The van der Waals surface area contributed by atoms with E-state index < -0.39 is 0 Å². The molecule has 1 aromatic heterocycles. The molecular formula is C23H19N3O. The van der Waals surface area contributed by atoms with Crippen LogP contribution in [0.25, 0.3) is 22.2 Å². The van der Waals surface area contributed by atoms with Crippen LogP contribution in [0.3, 0.4) is 0 Å². The molecule has 132 valence electrons. The monoisotopic (exact) mass is 353 g/mol. The van der Waals surface area contributed by atoms with Crippen molar-refractivity contribution in [1.82, 2.24) is 4.57 Å². The Balaban J connectivity index is 1.76. The molecule has 4 nitrogen and oxygen atoms in total. The second-order valence-corrected chi connectivity index (χ2v) is 6.65. The van der Waals surface area contributed by atoms with Gasteiger partial charge in [-0.2, -0.15) is 5.10 Å². The van der Waals surface area contributed by atoms with Crippen molar-refractivity contribution >= 4 is 22.3 Å². The average Bonchev–Trinajstić information content (AvgIpc) is 3.20. The summed E-state index contributed by atoms with van der Waals surface area (Å²) in [6.45, 7) is 0. The quantitative estimate of drug-likeness (QED) is 0.462. The first-order chi connectivity index (χ1) is 13.3. The van der Waals surface area contributed by atoms with Crippen LogP contribution in [0.15, 0.2) is 77.9 Å². The van der Waals surface area contributed by atoms with E-state index in [2.05, 4.69) is 53.4 Å². The molecule has 0 bridgehead atoms. The highest BCUT2D eigenvalue weighted by atomic mass is 16.5. The molecule has 1 aliphatic carbocycles. The van der Waals surface area contributed by atoms with Crippen LogP contribution in [-0.2, 0) is 7.05 Å². The number of fused-ring (bicyclic) bond motifs is 5. The maximum atomic E-state index is 5.46. The van der Waals surface area contributed by atoms with Gasteiger partial charge in [-0.05, 0) is 36.4 Å². The minimum Gasteiger partial charge on any atom is -0.497 e. The predicted molar refractivity (Wildman–Crippen MR) is 111 cm³/mol. The summed E-state index contributed by atoms with van der Waals surface area (Å²) in [4.78, 5) is 0.